The van der Waals surface area contributed by atoms with Gasteiger partial charge in [-0.3, -0.25) is 0 Å². The molecule has 0 aliphatic carbocycles. The average molecular weight is 269 g/mol. The van der Waals surface area contributed by atoms with Crippen LogP contribution < -0.4 is 10.1 Å². The van der Waals surface area contributed by atoms with Crippen molar-refractivity contribution in [2.45, 2.75) is 45.8 Å². The highest BCUT2D eigenvalue weighted by Gasteiger charge is 2.12. The number of halogens is 1. The predicted molar refractivity (Wildman–Crippen MR) is 74.9 cm³/mol. The second-order valence-corrected chi connectivity index (χ2v) is 4.84. The zero-order chi connectivity index (χ0) is 14.3. The molecule has 1 aromatic carbocycles. The van der Waals surface area contributed by atoms with Crippen LogP contribution in [0, 0.1) is 5.82 Å². The number of aliphatic hydroxyl groups is 1. The van der Waals surface area contributed by atoms with Crippen LogP contribution in [0.25, 0.3) is 0 Å². The summed E-state index contributed by atoms with van der Waals surface area (Å²) in [5.74, 6) is 0.418. The SMILES string of the molecule is CCCNC(C)c1cc(F)ccc1OCCC(C)O. The van der Waals surface area contributed by atoms with Crippen molar-refractivity contribution in [3.05, 3.63) is 29.6 Å². The van der Waals surface area contributed by atoms with Crippen LogP contribution in [0.15, 0.2) is 18.2 Å². The van der Waals surface area contributed by atoms with Gasteiger partial charge in [0, 0.05) is 18.0 Å². The fourth-order valence-electron chi connectivity index (χ4n) is 1.80. The molecule has 0 radical (unpaired) electrons. The Labute approximate surface area is 114 Å². The summed E-state index contributed by atoms with van der Waals surface area (Å²) in [6, 6.07) is 4.59. The van der Waals surface area contributed by atoms with Crippen molar-refractivity contribution >= 4 is 0 Å². The molecule has 1 rings (SSSR count). The van der Waals surface area contributed by atoms with E-state index >= 15 is 0 Å². The van der Waals surface area contributed by atoms with E-state index in [9.17, 15) is 9.50 Å². The van der Waals surface area contributed by atoms with Gasteiger partial charge in [0.25, 0.3) is 0 Å². The zero-order valence-electron chi connectivity index (χ0n) is 11.9. The molecular weight excluding hydrogens is 245 g/mol. The minimum Gasteiger partial charge on any atom is -0.493 e. The quantitative estimate of drug-likeness (QED) is 0.762. The second-order valence-electron chi connectivity index (χ2n) is 4.84. The molecule has 4 heteroatoms. The third-order valence-corrected chi connectivity index (χ3v) is 2.93. The largest absolute Gasteiger partial charge is 0.493 e. The number of nitrogens with one attached hydrogen (secondary N) is 1. The van der Waals surface area contributed by atoms with Crippen LogP contribution in [-0.2, 0) is 0 Å². The third-order valence-electron chi connectivity index (χ3n) is 2.93. The first-order valence-corrected chi connectivity index (χ1v) is 6.88. The molecule has 0 aliphatic heterocycles. The van der Waals surface area contributed by atoms with E-state index < -0.39 is 0 Å². The van der Waals surface area contributed by atoms with Crippen molar-refractivity contribution < 1.29 is 14.2 Å². The van der Waals surface area contributed by atoms with Gasteiger partial charge in [-0.25, -0.2) is 4.39 Å². The van der Waals surface area contributed by atoms with Gasteiger partial charge in [0.1, 0.15) is 11.6 Å². The summed E-state index contributed by atoms with van der Waals surface area (Å²) in [7, 11) is 0. The van der Waals surface area contributed by atoms with E-state index in [1.54, 1.807) is 13.0 Å². The molecule has 2 atom stereocenters. The third kappa shape index (κ3) is 5.57. The lowest BCUT2D eigenvalue weighted by Crippen LogP contribution is -2.20. The normalized spacial score (nSPS) is 14.2. The Kier molecular flexibility index (Phi) is 6.81. The zero-order valence-corrected chi connectivity index (χ0v) is 11.9. The number of benzene rings is 1. The van der Waals surface area contributed by atoms with E-state index in [0.29, 0.717) is 18.8 Å². The first-order chi connectivity index (χ1) is 9.04. The highest BCUT2D eigenvalue weighted by molar-refractivity contribution is 5.36. The van der Waals surface area contributed by atoms with Gasteiger partial charge < -0.3 is 15.2 Å². The van der Waals surface area contributed by atoms with E-state index in [0.717, 1.165) is 18.5 Å². The number of hydrogen-bond donors (Lipinski definition) is 2. The van der Waals surface area contributed by atoms with E-state index in [2.05, 4.69) is 12.2 Å². The van der Waals surface area contributed by atoms with Crippen LogP contribution in [-0.4, -0.2) is 24.4 Å². The van der Waals surface area contributed by atoms with Crippen molar-refractivity contribution in [3.8, 4) is 5.75 Å². The molecule has 0 saturated heterocycles. The number of ether oxygens (including phenoxy) is 1. The van der Waals surface area contributed by atoms with Gasteiger partial charge in [-0.2, -0.15) is 0 Å². The smallest absolute Gasteiger partial charge is 0.124 e. The topological polar surface area (TPSA) is 41.5 Å². The number of rotatable bonds is 8. The molecule has 19 heavy (non-hydrogen) atoms. The molecule has 0 spiro atoms. The highest BCUT2D eigenvalue weighted by Crippen LogP contribution is 2.26. The van der Waals surface area contributed by atoms with E-state index in [4.69, 9.17) is 4.74 Å². The van der Waals surface area contributed by atoms with Crippen molar-refractivity contribution in [2.24, 2.45) is 0 Å². The molecule has 3 nitrogen and oxygen atoms in total. The summed E-state index contributed by atoms with van der Waals surface area (Å²) >= 11 is 0. The van der Waals surface area contributed by atoms with Gasteiger partial charge in [-0.05, 0) is 45.0 Å². The second kappa shape index (κ2) is 8.12. The summed E-state index contributed by atoms with van der Waals surface area (Å²) in [5, 5.41) is 12.5. The van der Waals surface area contributed by atoms with Crippen LogP contribution in [0.5, 0.6) is 5.75 Å². The molecule has 0 heterocycles. The molecule has 0 aromatic heterocycles. The van der Waals surface area contributed by atoms with Crippen molar-refractivity contribution in [1.29, 1.82) is 0 Å². The molecule has 0 amide bonds. The standard InChI is InChI=1S/C15H24FNO2/c1-4-8-17-12(3)14-10-13(16)5-6-15(14)19-9-7-11(2)18/h5-6,10-12,17-18H,4,7-9H2,1-3H3. The Morgan fingerprint density at radius 2 is 2.11 bits per heavy atom. The maximum atomic E-state index is 13.4. The van der Waals surface area contributed by atoms with Crippen LogP contribution in [0.2, 0.25) is 0 Å². The Bertz CT molecular complexity index is 382. The van der Waals surface area contributed by atoms with Crippen LogP contribution in [0.1, 0.15) is 45.2 Å². The van der Waals surface area contributed by atoms with Gasteiger partial charge in [0.15, 0.2) is 0 Å². The first-order valence-electron chi connectivity index (χ1n) is 6.88. The predicted octanol–water partition coefficient (Wildman–Crippen LogP) is 3.04. The Morgan fingerprint density at radius 1 is 1.37 bits per heavy atom. The maximum absolute atomic E-state index is 13.4. The van der Waals surface area contributed by atoms with Crippen molar-refractivity contribution in [3.63, 3.8) is 0 Å². The molecule has 0 aliphatic rings. The van der Waals surface area contributed by atoms with E-state index in [-0.39, 0.29) is 18.0 Å². The van der Waals surface area contributed by atoms with Crippen LogP contribution >= 0.6 is 0 Å². The van der Waals surface area contributed by atoms with Crippen molar-refractivity contribution in [2.75, 3.05) is 13.2 Å². The lowest BCUT2D eigenvalue weighted by molar-refractivity contribution is 0.155. The summed E-state index contributed by atoms with van der Waals surface area (Å²) in [5.41, 5.74) is 0.819. The Morgan fingerprint density at radius 3 is 2.74 bits per heavy atom. The lowest BCUT2D eigenvalue weighted by atomic mass is 10.1. The molecule has 108 valence electrons. The molecule has 2 N–H and O–H groups in total. The van der Waals surface area contributed by atoms with Crippen LogP contribution in [0.3, 0.4) is 0 Å². The molecule has 0 saturated carbocycles. The Hall–Kier alpha value is -1.13. The molecule has 2 unspecified atom stereocenters. The summed E-state index contributed by atoms with van der Waals surface area (Å²) in [4.78, 5) is 0. The monoisotopic (exact) mass is 269 g/mol. The van der Waals surface area contributed by atoms with Gasteiger partial charge >= 0.3 is 0 Å². The summed E-state index contributed by atoms with van der Waals surface area (Å²) in [6.45, 7) is 7.11. The summed E-state index contributed by atoms with van der Waals surface area (Å²) in [6.07, 6.45) is 1.20. The van der Waals surface area contributed by atoms with E-state index in [1.165, 1.54) is 12.1 Å². The molecule has 1 aromatic rings. The first kappa shape index (κ1) is 15.9. The number of hydrogen-bond acceptors (Lipinski definition) is 3. The van der Waals surface area contributed by atoms with Gasteiger partial charge in [-0.15, -0.1) is 0 Å². The fraction of sp³-hybridized carbons (Fsp3) is 0.600. The molecule has 0 fully saturated rings. The molecular formula is C15H24FNO2. The maximum Gasteiger partial charge on any atom is 0.124 e. The highest BCUT2D eigenvalue weighted by atomic mass is 19.1. The minimum atomic E-state index is -0.389. The van der Waals surface area contributed by atoms with Gasteiger partial charge in [-0.1, -0.05) is 6.92 Å². The van der Waals surface area contributed by atoms with E-state index in [1.807, 2.05) is 6.92 Å². The van der Waals surface area contributed by atoms with Crippen molar-refractivity contribution in [1.82, 2.24) is 5.32 Å². The summed E-state index contributed by atoms with van der Waals surface area (Å²) < 4.78 is 19.0. The minimum absolute atomic E-state index is 0.0391. The van der Waals surface area contributed by atoms with Crippen LogP contribution in [0.4, 0.5) is 4.39 Å². The molecule has 0 bridgehead atoms. The Balaban J connectivity index is 2.73. The number of aliphatic hydroxyl groups excluding tert-OH is 1. The van der Waals surface area contributed by atoms with Gasteiger partial charge in [0.2, 0.25) is 0 Å². The lowest BCUT2D eigenvalue weighted by Gasteiger charge is -2.18. The van der Waals surface area contributed by atoms with Gasteiger partial charge in [0.05, 0.1) is 12.7 Å². The average Bonchev–Trinajstić information content (AvgIpc) is 2.37. The fourth-order valence-corrected chi connectivity index (χ4v) is 1.80.